The van der Waals surface area contributed by atoms with Gasteiger partial charge < -0.3 is 11.1 Å². The highest BCUT2D eigenvalue weighted by Gasteiger charge is 2.19. The van der Waals surface area contributed by atoms with Crippen molar-refractivity contribution in [3.8, 4) is 11.3 Å². The van der Waals surface area contributed by atoms with Crippen LogP contribution in [-0.4, -0.2) is 10.9 Å². The summed E-state index contributed by atoms with van der Waals surface area (Å²) in [5.74, 6) is -0.275. The van der Waals surface area contributed by atoms with Crippen LogP contribution in [0.3, 0.4) is 0 Å². The molecule has 0 saturated heterocycles. The summed E-state index contributed by atoms with van der Waals surface area (Å²) in [5.41, 5.74) is 12.9. The molecular formula is C23H23Cl2N3O. The summed E-state index contributed by atoms with van der Waals surface area (Å²) in [5, 5.41) is 4.27. The Morgan fingerprint density at radius 2 is 1.90 bits per heavy atom. The number of aromatic nitrogens is 1. The first-order valence-corrected chi connectivity index (χ1v) is 9.89. The van der Waals surface area contributed by atoms with E-state index >= 15 is 0 Å². The van der Waals surface area contributed by atoms with Crippen molar-refractivity contribution in [1.29, 1.82) is 0 Å². The van der Waals surface area contributed by atoms with Gasteiger partial charge in [-0.05, 0) is 67.1 Å². The van der Waals surface area contributed by atoms with Gasteiger partial charge in [0.2, 0.25) is 5.91 Å². The molecular weight excluding hydrogens is 405 g/mol. The number of aryl methyl sites for hydroxylation is 2. The summed E-state index contributed by atoms with van der Waals surface area (Å²) in [4.78, 5) is 15.8. The number of anilines is 2. The number of carbonyl (C=O) groups excluding carboxylic acids is 1. The second-order valence-electron chi connectivity index (χ2n) is 7.13. The van der Waals surface area contributed by atoms with Crippen molar-refractivity contribution in [3.05, 3.63) is 76.4 Å². The molecule has 0 spiro atoms. The largest absolute Gasteiger partial charge is 0.370 e. The zero-order valence-electron chi connectivity index (χ0n) is 16.0. The fourth-order valence-corrected chi connectivity index (χ4v) is 3.82. The molecule has 0 saturated carbocycles. The van der Waals surface area contributed by atoms with Gasteiger partial charge in [0.1, 0.15) is 0 Å². The summed E-state index contributed by atoms with van der Waals surface area (Å²) in [6.07, 6.45) is 4.20. The third kappa shape index (κ3) is 5.08. The number of benzene rings is 2. The van der Waals surface area contributed by atoms with Crippen LogP contribution in [0.5, 0.6) is 0 Å². The quantitative estimate of drug-likeness (QED) is 0.547. The van der Waals surface area contributed by atoms with Crippen LogP contribution < -0.4 is 11.1 Å². The number of fused-ring (bicyclic) bond motifs is 1. The fourth-order valence-electron chi connectivity index (χ4n) is 3.63. The summed E-state index contributed by atoms with van der Waals surface area (Å²) >= 11 is 6.17. The van der Waals surface area contributed by atoms with Crippen LogP contribution >= 0.6 is 24.0 Å². The Balaban J connectivity index is 0.00000240. The molecule has 1 amide bonds. The maximum atomic E-state index is 11.0. The van der Waals surface area contributed by atoms with Gasteiger partial charge in [-0.1, -0.05) is 35.9 Å². The highest BCUT2D eigenvalue weighted by molar-refractivity contribution is 6.30. The highest BCUT2D eigenvalue weighted by Crippen LogP contribution is 2.34. The van der Waals surface area contributed by atoms with Crippen molar-refractivity contribution in [2.45, 2.75) is 32.1 Å². The summed E-state index contributed by atoms with van der Waals surface area (Å²) in [6.45, 7) is 0. The van der Waals surface area contributed by atoms with Gasteiger partial charge in [0, 0.05) is 34.1 Å². The van der Waals surface area contributed by atoms with Gasteiger partial charge in [0.15, 0.2) is 0 Å². The van der Waals surface area contributed by atoms with E-state index in [4.69, 9.17) is 22.3 Å². The van der Waals surface area contributed by atoms with Gasteiger partial charge in [0.25, 0.3) is 0 Å². The van der Waals surface area contributed by atoms with Crippen LogP contribution in [0.1, 0.15) is 29.7 Å². The number of carbonyl (C=O) groups is 1. The standard InChI is InChI=1S/C23H22ClN3O.ClH/c24-17-4-1-3-16(13-17)21-14-22(19-5-2-6-20(19)27-21)26-18-10-7-15(8-11-18)9-12-23(25)28;/h1,3-4,7-8,10-11,13-14H,2,5-6,9,12H2,(H2,25,28)(H,26,27);1H. The number of primary amides is 1. The summed E-state index contributed by atoms with van der Waals surface area (Å²) < 4.78 is 0. The van der Waals surface area contributed by atoms with Crippen molar-refractivity contribution in [1.82, 2.24) is 4.98 Å². The van der Waals surface area contributed by atoms with Gasteiger partial charge in [-0.15, -0.1) is 12.4 Å². The summed E-state index contributed by atoms with van der Waals surface area (Å²) in [6, 6.07) is 18.1. The van der Waals surface area contributed by atoms with Crippen molar-refractivity contribution in [2.75, 3.05) is 5.32 Å². The Kier molecular flexibility index (Phi) is 6.78. The highest BCUT2D eigenvalue weighted by atomic mass is 35.5. The van der Waals surface area contributed by atoms with Crippen molar-refractivity contribution in [2.24, 2.45) is 5.73 Å². The number of pyridine rings is 1. The molecule has 4 nitrogen and oxygen atoms in total. The van der Waals surface area contributed by atoms with E-state index in [9.17, 15) is 4.79 Å². The molecule has 0 radical (unpaired) electrons. The van der Waals surface area contributed by atoms with E-state index in [1.165, 1.54) is 5.56 Å². The molecule has 3 N–H and O–H groups in total. The number of nitrogens with zero attached hydrogens (tertiary/aromatic N) is 1. The molecule has 150 valence electrons. The molecule has 2 aromatic carbocycles. The Morgan fingerprint density at radius 1 is 1.10 bits per heavy atom. The predicted molar refractivity (Wildman–Crippen MR) is 121 cm³/mol. The lowest BCUT2D eigenvalue weighted by atomic mass is 10.1. The van der Waals surface area contributed by atoms with E-state index in [1.54, 1.807) is 0 Å². The number of nitrogens with one attached hydrogen (secondary N) is 1. The van der Waals surface area contributed by atoms with Crippen molar-refractivity contribution >= 4 is 41.3 Å². The lowest BCUT2D eigenvalue weighted by Crippen LogP contribution is -2.11. The van der Waals surface area contributed by atoms with Crippen LogP contribution in [0, 0.1) is 0 Å². The number of amides is 1. The van der Waals surface area contributed by atoms with Gasteiger partial charge in [-0.3, -0.25) is 9.78 Å². The average Bonchev–Trinajstić information content (AvgIpc) is 3.16. The molecule has 1 aromatic heterocycles. The number of hydrogen-bond donors (Lipinski definition) is 2. The second kappa shape index (κ2) is 9.29. The first-order chi connectivity index (χ1) is 13.6. The van der Waals surface area contributed by atoms with Crippen molar-refractivity contribution < 1.29 is 4.79 Å². The lowest BCUT2D eigenvalue weighted by molar-refractivity contribution is -0.117. The van der Waals surface area contributed by atoms with Gasteiger partial charge in [0.05, 0.1) is 5.69 Å². The van der Waals surface area contributed by atoms with Crippen molar-refractivity contribution in [3.63, 3.8) is 0 Å². The molecule has 29 heavy (non-hydrogen) atoms. The molecule has 0 aliphatic heterocycles. The number of hydrogen-bond acceptors (Lipinski definition) is 3. The second-order valence-corrected chi connectivity index (χ2v) is 7.57. The topological polar surface area (TPSA) is 68.0 Å². The normalized spacial score (nSPS) is 12.2. The number of rotatable bonds is 6. The molecule has 1 aliphatic carbocycles. The first-order valence-electron chi connectivity index (χ1n) is 9.51. The molecule has 0 atom stereocenters. The van der Waals surface area contributed by atoms with Crippen LogP contribution in [-0.2, 0) is 24.1 Å². The Labute approximate surface area is 181 Å². The van der Waals surface area contributed by atoms with E-state index in [0.717, 1.165) is 53.2 Å². The minimum atomic E-state index is -0.275. The minimum absolute atomic E-state index is 0. The Bertz CT molecular complexity index is 1020. The van der Waals surface area contributed by atoms with E-state index in [2.05, 4.69) is 11.4 Å². The molecule has 0 fully saturated rings. The predicted octanol–water partition coefficient (Wildman–Crippen LogP) is 5.47. The van der Waals surface area contributed by atoms with Crippen LogP contribution in [0.2, 0.25) is 5.02 Å². The third-order valence-electron chi connectivity index (χ3n) is 5.06. The molecule has 6 heteroatoms. The molecule has 3 aromatic rings. The van der Waals surface area contributed by atoms with Gasteiger partial charge >= 0.3 is 0 Å². The molecule has 0 unspecified atom stereocenters. The number of nitrogens with two attached hydrogens (primary N) is 1. The molecule has 0 bridgehead atoms. The Hall–Kier alpha value is -2.56. The zero-order valence-corrected chi connectivity index (χ0v) is 17.5. The maximum Gasteiger partial charge on any atom is 0.217 e. The molecule has 1 aliphatic rings. The van der Waals surface area contributed by atoms with Gasteiger partial charge in [-0.25, -0.2) is 0 Å². The minimum Gasteiger partial charge on any atom is -0.370 e. The maximum absolute atomic E-state index is 11.0. The third-order valence-corrected chi connectivity index (χ3v) is 5.30. The average molecular weight is 428 g/mol. The van der Waals surface area contributed by atoms with E-state index < -0.39 is 0 Å². The fraction of sp³-hybridized carbons (Fsp3) is 0.217. The van der Waals surface area contributed by atoms with Gasteiger partial charge in [-0.2, -0.15) is 0 Å². The van der Waals surface area contributed by atoms with E-state index in [1.807, 2.05) is 48.5 Å². The Morgan fingerprint density at radius 3 is 2.62 bits per heavy atom. The lowest BCUT2D eigenvalue weighted by Gasteiger charge is -2.14. The molecule has 4 rings (SSSR count). The molecule has 1 heterocycles. The summed E-state index contributed by atoms with van der Waals surface area (Å²) in [7, 11) is 0. The van der Waals surface area contributed by atoms with Crippen LogP contribution in [0.4, 0.5) is 11.4 Å². The SMILES string of the molecule is Cl.NC(=O)CCc1ccc(Nc2cc(-c3cccc(Cl)c3)nc3c2CCC3)cc1. The number of halogens is 2. The van der Waals surface area contributed by atoms with Crippen LogP contribution in [0.15, 0.2) is 54.6 Å². The van der Waals surface area contributed by atoms with E-state index in [0.29, 0.717) is 17.9 Å². The zero-order chi connectivity index (χ0) is 19.5. The van der Waals surface area contributed by atoms with Crippen LogP contribution in [0.25, 0.3) is 11.3 Å². The smallest absolute Gasteiger partial charge is 0.217 e. The monoisotopic (exact) mass is 427 g/mol. The first kappa shape index (κ1) is 21.2. The van der Waals surface area contributed by atoms with E-state index in [-0.39, 0.29) is 18.3 Å².